The quantitative estimate of drug-likeness (QED) is 0.135. The van der Waals surface area contributed by atoms with Gasteiger partial charge in [0.25, 0.3) is 5.56 Å². The minimum atomic E-state index is -0.255. The standard InChI is InChI=1S/C43H52N8O4/c1-27-36-26-45-43(48-40(36)51(33-5-3-4-6-33)42(55)39(27)28(2)52)46-37-13-11-34(25-44-37)50-23-16-29(17-24-50)15-20-49-21-18-31(19-22-49)30-7-9-32(10-8-30)35-12-14-38(53)47-41(35)54/h7-11,13,25-26,29,31,33,35H,3-6,12,14-24H2,1-2H3,(H,47,53,54)(H,44,45,46,48). The molecule has 6 heterocycles. The molecule has 4 fully saturated rings. The number of aryl methyl sites for hydroxylation is 1. The van der Waals surface area contributed by atoms with Gasteiger partial charge in [-0.15, -0.1) is 0 Å². The van der Waals surface area contributed by atoms with Gasteiger partial charge in [-0.05, 0) is 126 Å². The van der Waals surface area contributed by atoms with E-state index in [1.165, 1.54) is 31.7 Å². The molecule has 12 nitrogen and oxygen atoms in total. The fraction of sp³-hybridized carbons (Fsp3) is 0.512. The number of carbonyl (C=O) groups is 3. The third-order valence-corrected chi connectivity index (χ3v) is 12.7. The van der Waals surface area contributed by atoms with Crippen LogP contribution < -0.4 is 21.1 Å². The number of hydrogen-bond acceptors (Lipinski definition) is 10. The number of Topliss-reactive ketones (excluding diaryl/α,β-unsaturated/α-hetero) is 1. The SMILES string of the molecule is CC(=O)c1c(C)c2cnc(Nc3ccc(N4CCC(CCN5CCC(c6ccc(C7CCC(=O)NC7=O)cc6)CC5)CC4)cn3)nc2n(C2CCCC2)c1=O. The van der Waals surface area contributed by atoms with Gasteiger partial charge in [0.05, 0.1) is 23.4 Å². The normalized spacial score (nSPS) is 20.6. The number of carbonyl (C=O) groups excluding carboxylic acids is 3. The number of rotatable bonds is 10. The number of benzene rings is 1. The van der Waals surface area contributed by atoms with Gasteiger partial charge in [0, 0.05) is 37.1 Å². The number of nitrogens with zero attached hydrogens (tertiary/aromatic N) is 6. The largest absolute Gasteiger partial charge is 0.370 e. The van der Waals surface area contributed by atoms with Gasteiger partial charge in [-0.1, -0.05) is 37.1 Å². The maximum absolute atomic E-state index is 13.6. The molecule has 2 N–H and O–H groups in total. The van der Waals surface area contributed by atoms with Gasteiger partial charge in [0.15, 0.2) is 5.78 Å². The Hall–Kier alpha value is -4.97. The number of piperidine rings is 3. The van der Waals surface area contributed by atoms with Crippen LogP contribution in [0.1, 0.15) is 122 Å². The second-order valence-corrected chi connectivity index (χ2v) is 16.1. The summed E-state index contributed by atoms with van der Waals surface area (Å²) in [5.74, 6) is 1.50. The molecule has 8 rings (SSSR count). The van der Waals surface area contributed by atoms with Gasteiger partial charge < -0.3 is 15.1 Å². The lowest BCUT2D eigenvalue weighted by atomic mass is 9.85. The molecular weight excluding hydrogens is 693 g/mol. The van der Waals surface area contributed by atoms with Crippen LogP contribution in [0.3, 0.4) is 0 Å². The van der Waals surface area contributed by atoms with Gasteiger partial charge in [0.1, 0.15) is 11.5 Å². The number of anilines is 3. The Morgan fingerprint density at radius 3 is 2.25 bits per heavy atom. The number of aromatic nitrogens is 4. The molecule has 1 aromatic carbocycles. The van der Waals surface area contributed by atoms with E-state index in [1.54, 1.807) is 17.7 Å². The second kappa shape index (κ2) is 16.0. The Labute approximate surface area is 322 Å². The number of likely N-dealkylation sites (tertiary alicyclic amines) is 1. The number of imide groups is 1. The number of fused-ring (bicyclic) bond motifs is 1. The third-order valence-electron chi connectivity index (χ3n) is 12.7. The molecule has 1 aliphatic carbocycles. The summed E-state index contributed by atoms with van der Waals surface area (Å²) in [6, 6.07) is 12.6. The third kappa shape index (κ3) is 7.92. The van der Waals surface area contributed by atoms with Crippen molar-refractivity contribution in [2.45, 2.75) is 102 Å². The molecule has 4 aliphatic rings. The Morgan fingerprint density at radius 2 is 1.58 bits per heavy atom. The molecule has 3 aromatic heterocycles. The zero-order valence-electron chi connectivity index (χ0n) is 32.1. The fourth-order valence-electron chi connectivity index (χ4n) is 9.42. The van der Waals surface area contributed by atoms with Crippen LogP contribution >= 0.6 is 0 Å². The Kier molecular flexibility index (Phi) is 10.8. The molecule has 3 aliphatic heterocycles. The molecule has 0 bridgehead atoms. The van der Waals surface area contributed by atoms with E-state index >= 15 is 0 Å². The first-order valence-electron chi connectivity index (χ1n) is 20.3. The van der Waals surface area contributed by atoms with Crippen molar-refractivity contribution in [3.8, 4) is 0 Å². The smallest absolute Gasteiger partial charge is 0.263 e. The summed E-state index contributed by atoms with van der Waals surface area (Å²) < 4.78 is 1.73. The van der Waals surface area contributed by atoms with E-state index in [0.29, 0.717) is 41.7 Å². The molecular formula is C43H52N8O4. The highest BCUT2D eigenvalue weighted by molar-refractivity contribution is 6.01. The van der Waals surface area contributed by atoms with Gasteiger partial charge in [-0.2, -0.15) is 4.98 Å². The van der Waals surface area contributed by atoms with Crippen molar-refractivity contribution in [3.63, 3.8) is 0 Å². The highest BCUT2D eigenvalue weighted by atomic mass is 16.2. The van der Waals surface area contributed by atoms with E-state index in [0.717, 1.165) is 93.8 Å². The predicted molar refractivity (Wildman–Crippen MR) is 213 cm³/mol. The van der Waals surface area contributed by atoms with Crippen LogP contribution in [0, 0.1) is 12.8 Å². The molecule has 4 aromatic rings. The van der Waals surface area contributed by atoms with Crippen molar-refractivity contribution in [2.24, 2.45) is 5.92 Å². The summed E-state index contributed by atoms with van der Waals surface area (Å²) >= 11 is 0. The first kappa shape index (κ1) is 37.0. The van der Waals surface area contributed by atoms with Crippen molar-refractivity contribution in [3.05, 3.63) is 81.4 Å². The summed E-state index contributed by atoms with van der Waals surface area (Å²) in [4.78, 5) is 68.9. The lowest BCUT2D eigenvalue weighted by molar-refractivity contribution is -0.134. The number of hydrogen-bond donors (Lipinski definition) is 2. The van der Waals surface area contributed by atoms with Gasteiger partial charge in [-0.25, -0.2) is 9.97 Å². The zero-order valence-corrected chi connectivity index (χ0v) is 32.1. The molecule has 288 valence electrons. The van der Waals surface area contributed by atoms with Crippen LogP contribution in [0.15, 0.2) is 53.6 Å². The van der Waals surface area contributed by atoms with Crippen molar-refractivity contribution in [1.82, 2.24) is 29.7 Å². The highest BCUT2D eigenvalue weighted by Gasteiger charge is 2.29. The number of pyridine rings is 2. The topological polar surface area (TPSA) is 142 Å². The average molecular weight is 745 g/mol. The first-order chi connectivity index (χ1) is 26.7. The fourth-order valence-corrected chi connectivity index (χ4v) is 9.42. The Balaban J connectivity index is 0.808. The molecule has 1 atom stereocenters. The van der Waals surface area contributed by atoms with E-state index in [1.807, 2.05) is 12.3 Å². The lowest BCUT2D eigenvalue weighted by Gasteiger charge is -2.36. The molecule has 0 spiro atoms. The van der Waals surface area contributed by atoms with Crippen LogP contribution in [-0.4, -0.2) is 74.7 Å². The minimum absolute atomic E-state index is 0.0298. The summed E-state index contributed by atoms with van der Waals surface area (Å²) in [7, 11) is 0. The first-order valence-corrected chi connectivity index (χ1v) is 20.3. The van der Waals surface area contributed by atoms with Crippen molar-refractivity contribution < 1.29 is 14.4 Å². The van der Waals surface area contributed by atoms with E-state index in [2.05, 4.69) is 55.7 Å². The molecule has 12 heteroatoms. The molecule has 3 saturated heterocycles. The van der Waals surface area contributed by atoms with Gasteiger partial charge in [0.2, 0.25) is 17.8 Å². The number of ketones is 1. The molecule has 1 saturated carbocycles. The van der Waals surface area contributed by atoms with Crippen molar-refractivity contribution in [2.75, 3.05) is 42.9 Å². The van der Waals surface area contributed by atoms with E-state index in [9.17, 15) is 19.2 Å². The number of nitrogens with one attached hydrogen (secondary N) is 2. The Bertz CT molecular complexity index is 2110. The van der Waals surface area contributed by atoms with Crippen LogP contribution in [0.5, 0.6) is 0 Å². The molecule has 55 heavy (non-hydrogen) atoms. The van der Waals surface area contributed by atoms with E-state index in [4.69, 9.17) is 9.97 Å². The van der Waals surface area contributed by atoms with Crippen LogP contribution in [0.4, 0.5) is 17.5 Å². The van der Waals surface area contributed by atoms with Gasteiger partial charge in [-0.3, -0.25) is 29.1 Å². The van der Waals surface area contributed by atoms with E-state index < -0.39 is 0 Å². The summed E-state index contributed by atoms with van der Waals surface area (Å²) in [5, 5.41) is 6.44. The van der Waals surface area contributed by atoms with Crippen molar-refractivity contribution >= 4 is 46.1 Å². The monoisotopic (exact) mass is 744 g/mol. The zero-order chi connectivity index (χ0) is 38.1. The molecule has 0 radical (unpaired) electrons. The molecule has 2 amide bonds. The number of amides is 2. The maximum Gasteiger partial charge on any atom is 0.263 e. The Morgan fingerprint density at radius 1 is 0.855 bits per heavy atom. The van der Waals surface area contributed by atoms with Gasteiger partial charge >= 0.3 is 0 Å². The average Bonchev–Trinajstić information content (AvgIpc) is 3.73. The summed E-state index contributed by atoms with van der Waals surface area (Å²) in [6.07, 6.45) is 14.4. The van der Waals surface area contributed by atoms with E-state index in [-0.39, 0.29) is 40.7 Å². The second-order valence-electron chi connectivity index (χ2n) is 16.1. The summed E-state index contributed by atoms with van der Waals surface area (Å²) in [5.41, 5.74) is 4.65. The predicted octanol–water partition coefficient (Wildman–Crippen LogP) is 6.56. The lowest BCUT2D eigenvalue weighted by Crippen LogP contribution is -2.39. The maximum atomic E-state index is 13.6. The minimum Gasteiger partial charge on any atom is -0.370 e. The molecule has 1 unspecified atom stereocenters. The van der Waals surface area contributed by atoms with Crippen molar-refractivity contribution in [1.29, 1.82) is 0 Å². The highest BCUT2D eigenvalue weighted by Crippen LogP contribution is 2.34. The van der Waals surface area contributed by atoms with Crippen LogP contribution in [-0.2, 0) is 9.59 Å². The summed E-state index contributed by atoms with van der Waals surface area (Å²) in [6.45, 7) is 8.68. The van der Waals surface area contributed by atoms with Crippen LogP contribution in [0.25, 0.3) is 11.0 Å². The van der Waals surface area contributed by atoms with Crippen LogP contribution in [0.2, 0.25) is 0 Å².